The molecule has 0 fully saturated rings. The number of aliphatic hydroxyl groups is 1. The average Bonchev–Trinajstić information content (AvgIpc) is 0.906. The molecule has 0 aliphatic heterocycles. The lowest BCUT2D eigenvalue weighted by Crippen LogP contribution is -2.30. The summed E-state index contributed by atoms with van der Waals surface area (Å²) in [5.74, 6) is -2.25. The van der Waals surface area contributed by atoms with Gasteiger partial charge in [0.05, 0.1) is 26.4 Å². The molecule has 5 unspecified atom stereocenters. The maximum absolute atomic E-state index is 13.1. The Morgan fingerprint density at radius 1 is 0.279 bits per heavy atom. The van der Waals surface area contributed by atoms with Crippen LogP contribution in [0.3, 0.4) is 0 Å². The summed E-state index contributed by atoms with van der Waals surface area (Å²) in [5, 5.41) is 10.6. The lowest BCUT2D eigenvalue weighted by Gasteiger charge is -2.21. The zero-order chi connectivity index (χ0) is 76.0. The number of unbranched alkanes of at least 4 members (excludes halogenated alkanes) is 27. The summed E-state index contributed by atoms with van der Waals surface area (Å²) in [4.78, 5) is 73.0. The summed E-state index contributed by atoms with van der Waals surface area (Å²) in [7, 11) is -9.98. The van der Waals surface area contributed by atoms with Crippen molar-refractivity contribution in [2.75, 3.05) is 39.6 Å². The second-order valence-electron chi connectivity index (χ2n) is 26.6. The molecule has 104 heavy (non-hydrogen) atoms. The Morgan fingerprint density at radius 2 is 0.500 bits per heavy atom. The third kappa shape index (κ3) is 75.4. The number of carbonyl (C=O) groups excluding carboxylic acids is 4. The van der Waals surface area contributed by atoms with E-state index in [4.69, 9.17) is 37.0 Å². The van der Waals surface area contributed by atoms with Crippen molar-refractivity contribution in [3.05, 3.63) is 134 Å². The highest BCUT2D eigenvalue weighted by molar-refractivity contribution is 7.47. The van der Waals surface area contributed by atoms with Crippen LogP contribution in [0.2, 0.25) is 0 Å². The SMILES string of the molecule is CC/C=C\C/C=C\C/C=C\C/C=C\C/C=C\CCCCCC(=O)OCC(COP(=O)(O)OCC(O)COP(=O)(O)OCC(COC(=O)CCCCCCC/C=C\CCCCCC)OC(=O)CCCCCCCCCCCCCCC)OC(=O)CCCCC/C=C\C/C=C\C/C=C\C/C=C\C/C=C\CC. The standard InChI is InChI=1S/C85H144O17P2/c1-5-9-13-17-21-25-29-33-35-37-39-41-43-47-50-54-58-62-66-70-83(88)96-76-81(102-85(90)72-68-64-60-56-52-48-44-42-40-38-36-34-30-26-22-18-14-10-6-2)78-100-104(93,94)98-74-79(86)73-97-103(91,92)99-77-80(101-84(89)71-67-63-59-55-51-46-32-28-24-20-16-12-8-4)75-95-82(87)69-65-61-57-53-49-45-31-27-23-19-15-11-7-3/h9-10,13-14,21-22,25-27,31,33-36,39-42,47-48,50,52,79-81,86H,5-8,11-12,15-20,23-24,28-30,32,37-38,43-46,49,51,53-78H2,1-4H3,(H,91,92)(H,93,94)/b13-9-,14-10-,25-21-,26-22-,31-27-,35-33-,36-34-,41-39-,42-40-,50-47-,52-48-. The van der Waals surface area contributed by atoms with E-state index in [1.807, 2.05) is 0 Å². The smallest absolute Gasteiger partial charge is 0.462 e. The van der Waals surface area contributed by atoms with Gasteiger partial charge in [0.1, 0.15) is 19.3 Å². The molecule has 5 atom stereocenters. The molecular formula is C85H144O17P2. The van der Waals surface area contributed by atoms with Gasteiger partial charge in [0.25, 0.3) is 0 Å². The monoisotopic (exact) mass is 1500 g/mol. The van der Waals surface area contributed by atoms with E-state index in [0.717, 1.165) is 167 Å². The average molecular weight is 1500 g/mol. The molecule has 19 heteroatoms. The van der Waals surface area contributed by atoms with E-state index >= 15 is 0 Å². The van der Waals surface area contributed by atoms with Crippen molar-refractivity contribution >= 4 is 39.5 Å². The van der Waals surface area contributed by atoms with Gasteiger partial charge in [0.15, 0.2) is 12.2 Å². The summed E-state index contributed by atoms with van der Waals surface area (Å²) in [6.07, 6.45) is 85.7. The number of hydrogen-bond acceptors (Lipinski definition) is 15. The third-order valence-corrected chi connectivity index (χ3v) is 18.5. The lowest BCUT2D eigenvalue weighted by atomic mass is 10.0. The molecule has 0 aliphatic rings. The van der Waals surface area contributed by atoms with Crippen molar-refractivity contribution in [2.45, 2.75) is 341 Å². The molecule has 0 heterocycles. The van der Waals surface area contributed by atoms with Gasteiger partial charge in [-0.1, -0.05) is 290 Å². The quantitative estimate of drug-likeness (QED) is 0.0169. The van der Waals surface area contributed by atoms with Gasteiger partial charge in [-0.05, 0) is 141 Å². The van der Waals surface area contributed by atoms with E-state index in [2.05, 4.69) is 161 Å². The normalized spacial score (nSPS) is 14.6. The maximum atomic E-state index is 13.1. The number of ether oxygens (including phenoxy) is 4. The Labute approximate surface area is 631 Å². The van der Waals surface area contributed by atoms with Crippen LogP contribution in [0, 0.1) is 0 Å². The van der Waals surface area contributed by atoms with Crippen LogP contribution in [0.1, 0.15) is 323 Å². The molecule has 0 aliphatic carbocycles. The molecule has 0 amide bonds. The van der Waals surface area contributed by atoms with E-state index in [9.17, 15) is 43.2 Å². The minimum Gasteiger partial charge on any atom is -0.462 e. The van der Waals surface area contributed by atoms with Gasteiger partial charge in [-0.15, -0.1) is 0 Å². The van der Waals surface area contributed by atoms with Gasteiger partial charge < -0.3 is 33.8 Å². The number of phosphoric ester groups is 2. The third-order valence-electron chi connectivity index (χ3n) is 16.6. The van der Waals surface area contributed by atoms with E-state index < -0.39 is 97.5 Å². The van der Waals surface area contributed by atoms with Crippen LogP contribution in [0.5, 0.6) is 0 Å². The summed E-state index contributed by atoms with van der Waals surface area (Å²) in [5.41, 5.74) is 0. The molecular weight excluding hydrogens is 1350 g/mol. The first kappa shape index (κ1) is 99.2. The number of rotatable bonds is 75. The second kappa shape index (κ2) is 76.4. The molecule has 0 radical (unpaired) electrons. The zero-order valence-corrected chi connectivity index (χ0v) is 66.9. The number of allylic oxidation sites excluding steroid dienone is 22. The van der Waals surface area contributed by atoms with Crippen molar-refractivity contribution in [2.24, 2.45) is 0 Å². The van der Waals surface area contributed by atoms with Gasteiger partial charge in [0, 0.05) is 25.7 Å². The zero-order valence-electron chi connectivity index (χ0n) is 65.2. The molecule has 0 saturated heterocycles. The van der Waals surface area contributed by atoms with Crippen molar-refractivity contribution in [1.29, 1.82) is 0 Å². The van der Waals surface area contributed by atoms with Crippen LogP contribution in [0.15, 0.2) is 134 Å². The van der Waals surface area contributed by atoms with Crippen LogP contribution in [0.4, 0.5) is 0 Å². The van der Waals surface area contributed by atoms with Crippen LogP contribution in [-0.2, 0) is 65.4 Å². The Morgan fingerprint density at radius 3 is 0.798 bits per heavy atom. The first-order valence-electron chi connectivity index (χ1n) is 40.4. The molecule has 0 aromatic carbocycles. The topological polar surface area (TPSA) is 237 Å². The van der Waals surface area contributed by atoms with Crippen molar-refractivity contribution in [1.82, 2.24) is 0 Å². The number of carbonyl (C=O) groups is 4. The summed E-state index contributed by atoms with van der Waals surface area (Å²) in [6.45, 7) is 4.57. The number of hydrogen-bond donors (Lipinski definition) is 3. The fraction of sp³-hybridized carbons (Fsp3) is 0.694. The minimum atomic E-state index is -5.00. The molecule has 596 valence electrons. The summed E-state index contributed by atoms with van der Waals surface area (Å²) < 4.78 is 68.6. The van der Waals surface area contributed by atoms with Gasteiger partial charge in [-0.3, -0.25) is 37.3 Å². The van der Waals surface area contributed by atoms with Crippen molar-refractivity contribution < 1.29 is 80.2 Å². The molecule has 0 bridgehead atoms. The van der Waals surface area contributed by atoms with Crippen molar-refractivity contribution in [3.8, 4) is 0 Å². The van der Waals surface area contributed by atoms with Crippen LogP contribution in [-0.4, -0.2) is 96.7 Å². The molecule has 0 spiro atoms. The van der Waals surface area contributed by atoms with Gasteiger partial charge >= 0.3 is 39.5 Å². The molecule has 0 aromatic heterocycles. The first-order valence-corrected chi connectivity index (χ1v) is 43.4. The number of aliphatic hydroxyl groups excluding tert-OH is 1. The Balaban J connectivity index is 5.43. The van der Waals surface area contributed by atoms with Crippen LogP contribution >= 0.6 is 15.6 Å². The van der Waals surface area contributed by atoms with E-state index in [1.54, 1.807) is 0 Å². The minimum absolute atomic E-state index is 0.0446. The van der Waals surface area contributed by atoms with E-state index in [-0.39, 0.29) is 25.7 Å². The highest BCUT2D eigenvalue weighted by Gasteiger charge is 2.30. The number of phosphoric acid groups is 2. The molecule has 17 nitrogen and oxygen atoms in total. The Bertz CT molecular complexity index is 2490. The summed E-state index contributed by atoms with van der Waals surface area (Å²) in [6, 6.07) is 0. The number of esters is 4. The van der Waals surface area contributed by atoms with Crippen LogP contribution < -0.4 is 0 Å². The molecule has 3 N–H and O–H groups in total. The first-order chi connectivity index (χ1) is 50.7. The summed E-state index contributed by atoms with van der Waals surface area (Å²) >= 11 is 0. The molecule has 0 saturated carbocycles. The van der Waals surface area contributed by atoms with Gasteiger partial charge in [-0.2, -0.15) is 0 Å². The fourth-order valence-electron chi connectivity index (χ4n) is 10.5. The Hall–Kier alpha value is -4.80. The van der Waals surface area contributed by atoms with Gasteiger partial charge in [-0.25, -0.2) is 9.13 Å². The molecule has 0 aromatic rings. The molecule has 0 rings (SSSR count). The van der Waals surface area contributed by atoms with Crippen molar-refractivity contribution in [3.63, 3.8) is 0 Å². The fourth-order valence-corrected chi connectivity index (χ4v) is 12.1. The predicted molar refractivity (Wildman–Crippen MR) is 427 cm³/mol. The lowest BCUT2D eigenvalue weighted by molar-refractivity contribution is -0.161. The largest absolute Gasteiger partial charge is 0.472 e. The van der Waals surface area contributed by atoms with Gasteiger partial charge in [0.2, 0.25) is 0 Å². The van der Waals surface area contributed by atoms with Crippen LogP contribution in [0.25, 0.3) is 0 Å². The van der Waals surface area contributed by atoms with E-state index in [1.165, 1.54) is 77.0 Å². The highest BCUT2D eigenvalue weighted by Crippen LogP contribution is 2.45. The second-order valence-corrected chi connectivity index (χ2v) is 29.5. The predicted octanol–water partition coefficient (Wildman–Crippen LogP) is 23.7. The highest BCUT2D eigenvalue weighted by atomic mass is 31.2. The Kier molecular flexibility index (Phi) is 72.9. The maximum Gasteiger partial charge on any atom is 0.472 e. The van der Waals surface area contributed by atoms with E-state index in [0.29, 0.717) is 25.7 Å².